The summed E-state index contributed by atoms with van der Waals surface area (Å²) in [6.45, 7) is 4.85. The van der Waals surface area contributed by atoms with E-state index in [0.717, 1.165) is 38.0 Å². The van der Waals surface area contributed by atoms with E-state index in [9.17, 15) is 5.11 Å². The van der Waals surface area contributed by atoms with E-state index in [4.69, 9.17) is 0 Å². The molecule has 0 amide bonds. The maximum absolute atomic E-state index is 10.6. The van der Waals surface area contributed by atoms with Gasteiger partial charge in [-0.15, -0.1) is 0 Å². The number of piperidine rings is 1. The molecule has 0 atom stereocenters. The van der Waals surface area contributed by atoms with E-state index in [-0.39, 0.29) is 0 Å². The van der Waals surface area contributed by atoms with Crippen LogP contribution in [0, 0.1) is 0 Å². The van der Waals surface area contributed by atoms with Gasteiger partial charge in [0.15, 0.2) is 0 Å². The summed E-state index contributed by atoms with van der Waals surface area (Å²) in [5, 5.41) is 12.8. The predicted molar refractivity (Wildman–Crippen MR) is 64.8 cm³/mol. The van der Waals surface area contributed by atoms with Crippen LogP contribution in [0.5, 0.6) is 0 Å². The Bertz CT molecular complexity index is 318. The third-order valence-corrected chi connectivity index (χ3v) is 3.28. The number of benzene rings is 1. The molecular formula is C13H20N2O. The van der Waals surface area contributed by atoms with Crippen molar-refractivity contribution >= 4 is 0 Å². The molecule has 0 spiro atoms. The zero-order valence-electron chi connectivity index (χ0n) is 9.82. The molecule has 16 heavy (non-hydrogen) atoms. The van der Waals surface area contributed by atoms with Crippen LogP contribution in [0.25, 0.3) is 0 Å². The van der Waals surface area contributed by atoms with Crippen molar-refractivity contribution in [2.24, 2.45) is 0 Å². The van der Waals surface area contributed by atoms with Gasteiger partial charge in [-0.1, -0.05) is 37.3 Å². The van der Waals surface area contributed by atoms with E-state index >= 15 is 0 Å². The van der Waals surface area contributed by atoms with Crippen LogP contribution in [0.1, 0.15) is 25.3 Å². The minimum absolute atomic E-state index is 0.632. The molecule has 1 aromatic carbocycles. The maximum atomic E-state index is 10.6. The number of aliphatic hydroxyl groups is 1. The second-order valence-corrected chi connectivity index (χ2v) is 4.40. The van der Waals surface area contributed by atoms with E-state index in [1.54, 1.807) is 0 Å². The normalized spacial score (nSPS) is 20.9. The fraction of sp³-hybridized carbons (Fsp3) is 0.538. The molecule has 88 valence electrons. The van der Waals surface area contributed by atoms with Gasteiger partial charge in [0.1, 0.15) is 0 Å². The molecule has 1 aliphatic heterocycles. The Labute approximate surface area is 97.1 Å². The number of hydrogen-bond acceptors (Lipinski definition) is 3. The van der Waals surface area contributed by atoms with Crippen LogP contribution >= 0.6 is 0 Å². The van der Waals surface area contributed by atoms with Gasteiger partial charge in [-0.05, 0) is 18.4 Å². The molecule has 0 bridgehead atoms. The quantitative estimate of drug-likeness (QED) is 0.810. The average Bonchev–Trinajstić information content (AvgIpc) is 2.34. The predicted octanol–water partition coefficient (Wildman–Crippen LogP) is 1.49. The van der Waals surface area contributed by atoms with E-state index in [1.165, 1.54) is 0 Å². The molecule has 1 fully saturated rings. The van der Waals surface area contributed by atoms with Crippen LogP contribution in [0.4, 0.5) is 0 Å². The van der Waals surface area contributed by atoms with Gasteiger partial charge in [-0.3, -0.25) is 5.43 Å². The summed E-state index contributed by atoms with van der Waals surface area (Å²) < 4.78 is 0. The number of nitrogens with zero attached hydrogens (tertiary/aromatic N) is 1. The first kappa shape index (κ1) is 11.6. The third-order valence-electron chi connectivity index (χ3n) is 3.28. The van der Waals surface area contributed by atoms with Crippen molar-refractivity contribution in [2.45, 2.75) is 25.4 Å². The van der Waals surface area contributed by atoms with Crippen molar-refractivity contribution in [1.29, 1.82) is 0 Å². The lowest BCUT2D eigenvalue weighted by atomic mass is 9.85. The van der Waals surface area contributed by atoms with Gasteiger partial charge in [-0.25, -0.2) is 5.01 Å². The molecule has 0 aromatic heterocycles. The fourth-order valence-corrected chi connectivity index (χ4v) is 2.30. The van der Waals surface area contributed by atoms with Crippen molar-refractivity contribution < 1.29 is 5.11 Å². The van der Waals surface area contributed by atoms with Gasteiger partial charge in [0.2, 0.25) is 0 Å². The van der Waals surface area contributed by atoms with Crippen LogP contribution in [-0.4, -0.2) is 29.7 Å². The molecule has 2 rings (SSSR count). The van der Waals surface area contributed by atoms with Gasteiger partial charge in [0, 0.05) is 19.6 Å². The van der Waals surface area contributed by atoms with Gasteiger partial charge in [-0.2, -0.15) is 0 Å². The van der Waals surface area contributed by atoms with Crippen LogP contribution in [-0.2, 0) is 5.60 Å². The summed E-state index contributed by atoms with van der Waals surface area (Å²) >= 11 is 0. The lowest BCUT2D eigenvalue weighted by molar-refractivity contribution is -0.0379. The van der Waals surface area contributed by atoms with E-state index in [0.29, 0.717) is 0 Å². The van der Waals surface area contributed by atoms with Crippen LogP contribution in [0.3, 0.4) is 0 Å². The summed E-state index contributed by atoms with van der Waals surface area (Å²) in [4.78, 5) is 0. The molecule has 1 saturated heterocycles. The summed E-state index contributed by atoms with van der Waals surface area (Å²) in [5.41, 5.74) is 3.71. The first-order chi connectivity index (χ1) is 7.74. The van der Waals surface area contributed by atoms with Crippen molar-refractivity contribution in [1.82, 2.24) is 10.4 Å². The van der Waals surface area contributed by atoms with E-state index < -0.39 is 5.60 Å². The maximum Gasteiger partial charge on any atom is 0.0922 e. The molecular weight excluding hydrogens is 200 g/mol. The summed E-state index contributed by atoms with van der Waals surface area (Å²) in [7, 11) is 0. The lowest BCUT2D eigenvalue weighted by Gasteiger charge is -2.38. The summed E-state index contributed by atoms with van der Waals surface area (Å²) in [6, 6.07) is 10.0. The standard InChI is InChI=1S/C13H20N2O/c1-2-14-15-10-8-13(16,9-11-15)12-6-4-3-5-7-12/h3-7,14,16H,2,8-11H2,1H3. The number of hydrogen-bond donors (Lipinski definition) is 2. The molecule has 1 heterocycles. The SMILES string of the molecule is CCNN1CCC(O)(c2ccccc2)CC1. The van der Waals surface area contributed by atoms with Gasteiger partial charge >= 0.3 is 0 Å². The highest BCUT2D eigenvalue weighted by atomic mass is 16.3. The smallest absolute Gasteiger partial charge is 0.0922 e. The highest BCUT2D eigenvalue weighted by molar-refractivity contribution is 5.22. The lowest BCUT2D eigenvalue weighted by Crippen LogP contribution is -2.48. The first-order valence-electron chi connectivity index (χ1n) is 6.01. The number of rotatable bonds is 3. The van der Waals surface area contributed by atoms with Crippen LogP contribution in [0.2, 0.25) is 0 Å². The Hall–Kier alpha value is -0.900. The van der Waals surface area contributed by atoms with Crippen LogP contribution in [0.15, 0.2) is 30.3 Å². The molecule has 1 aliphatic rings. The minimum atomic E-state index is -0.632. The minimum Gasteiger partial charge on any atom is -0.385 e. The Morgan fingerprint density at radius 1 is 1.25 bits per heavy atom. The summed E-state index contributed by atoms with van der Waals surface area (Å²) in [5.74, 6) is 0. The highest BCUT2D eigenvalue weighted by Gasteiger charge is 2.33. The summed E-state index contributed by atoms with van der Waals surface area (Å²) in [6.07, 6.45) is 1.59. The third kappa shape index (κ3) is 2.43. The number of nitrogens with one attached hydrogen (secondary N) is 1. The highest BCUT2D eigenvalue weighted by Crippen LogP contribution is 2.31. The molecule has 0 unspecified atom stereocenters. The van der Waals surface area contributed by atoms with Crippen LogP contribution < -0.4 is 5.43 Å². The molecule has 0 saturated carbocycles. The second kappa shape index (κ2) is 4.95. The molecule has 2 N–H and O–H groups in total. The zero-order chi connectivity index (χ0) is 11.4. The van der Waals surface area contributed by atoms with E-state index in [1.807, 2.05) is 30.3 Å². The van der Waals surface area contributed by atoms with Gasteiger partial charge in [0.05, 0.1) is 5.60 Å². The fourth-order valence-electron chi connectivity index (χ4n) is 2.30. The zero-order valence-corrected chi connectivity index (χ0v) is 9.82. The van der Waals surface area contributed by atoms with Crippen molar-refractivity contribution in [3.05, 3.63) is 35.9 Å². The second-order valence-electron chi connectivity index (χ2n) is 4.40. The van der Waals surface area contributed by atoms with Crippen molar-refractivity contribution in [3.8, 4) is 0 Å². The molecule has 1 aromatic rings. The van der Waals surface area contributed by atoms with Crippen molar-refractivity contribution in [2.75, 3.05) is 19.6 Å². The average molecular weight is 220 g/mol. The molecule has 3 heteroatoms. The first-order valence-corrected chi connectivity index (χ1v) is 6.01. The molecule has 0 radical (unpaired) electrons. The largest absolute Gasteiger partial charge is 0.385 e. The van der Waals surface area contributed by atoms with Gasteiger partial charge < -0.3 is 5.11 Å². The Morgan fingerprint density at radius 3 is 2.44 bits per heavy atom. The Morgan fingerprint density at radius 2 is 1.88 bits per heavy atom. The molecule has 3 nitrogen and oxygen atoms in total. The molecule has 0 aliphatic carbocycles. The van der Waals surface area contributed by atoms with E-state index in [2.05, 4.69) is 17.4 Å². The topological polar surface area (TPSA) is 35.5 Å². The number of hydrazine groups is 1. The Balaban J connectivity index is 2.01. The monoisotopic (exact) mass is 220 g/mol. The van der Waals surface area contributed by atoms with Crippen molar-refractivity contribution in [3.63, 3.8) is 0 Å². The van der Waals surface area contributed by atoms with Gasteiger partial charge in [0.25, 0.3) is 0 Å². The Kier molecular flexibility index (Phi) is 3.59.